The van der Waals surface area contributed by atoms with E-state index in [1.807, 2.05) is 14.1 Å². The molecule has 0 unspecified atom stereocenters. The van der Waals surface area contributed by atoms with Gasteiger partial charge in [-0.15, -0.1) is 0 Å². The monoisotopic (exact) mass is 567 g/mol. The molecule has 3 aromatic rings. The lowest BCUT2D eigenvalue weighted by Gasteiger charge is -2.20. The van der Waals surface area contributed by atoms with Crippen molar-refractivity contribution in [1.82, 2.24) is 19.6 Å². The molecule has 1 aromatic heterocycles. The maximum absolute atomic E-state index is 13.6. The van der Waals surface area contributed by atoms with Crippen molar-refractivity contribution in [2.24, 2.45) is 4.99 Å². The summed E-state index contributed by atoms with van der Waals surface area (Å²) in [6, 6.07) is 7.09. The third-order valence-electron chi connectivity index (χ3n) is 6.80. The number of halogens is 6. The van der Waals surface area contributed by atoms with Crippen molar-refractivity contribution in [1.29, 1.82) is 0 Å². The predicted molar refractivity (Wildman–Crippen MR) is 137 cm³/mol. The van der Waals surface area contributed by atoms with E-state index in [4.69, 9.17) is 0 Å². The zero-order valence-corrected chi connectivity index (χ0v) is 21.7. The molecule has 1 atom stereocenters. The van der Waals surface area contributed by atoms with E-state index in [2.05, 4.69) is 19.9 Å². The van der Waals surface area contributed by atoms with Gasteiger partial charge in [0.15, 0.2) is 5.17 Å². The lowest BCUT2D eigenvalue weighted by molar-refractivity contribution is -0.143. The Hall–Kier alpha value is -3.32. The van der Waals surface area contributed by atoms with Crippen molar-refractivity contribution in [3.63, 3.8) is 0 Å². The number of amides is 1. The van der Waals surface area contributed by atoms with Gasteiger partial charge in [0.1, 0.15) is 0 Å². The lowest BCUT2D eigenvalue weighted by atomic mass is 10.0. The molecule has 2 aliphatic rings. The van der Waals surface area contributed by atoms with Crippen LogP contribution < -0.4 is 0 Å². The van der Waals surface area contributed by atoms with E-state index in [0.29, 0.717) is 38.6 Å². The van der Waals surface area contributed by atoms with Gasteiger partial charge in [0.2, 0.25) is 0 Å². The summed E-state index contributed by atoms with van der Waals surface area (Å²) < 4.78 is 81.0. The number of aliphatic imine (C=N–C) groups is 1. The number of likely N-dealkylation sites (tertiary alicyclic amines) is 1. The fourth-order valence-corrected chi connectivity index (χ4v) is 5.61. The Morgan fingerprint density at radius 2 is 1.85 bits per heavy atom. The van der Waals surface area contributed by atoms with Crippen LogP contribution in [0.25, 0.3) is 17.0 Å². The molecule has 0 N–H and O–H groups in total. The minimum Gasteiger partial charge on any atom is -0.349 e. The topological polar surface area (TPSA) is 53.7 Å². The highest BCUT2D eigenvalue weighted by molar-refractivity contribution is 8.18. The summed E-state index contributed by atoms with van der Waals surface area (Å²) in [5.41, 5.74) is -1.87. The van der Waals surface area contributed by atoms with Gasteiger partial charge in [-0.05, 0) is 73.7 Å². The van der Waals surface area contributed by atoms with Crippen molar-refractivity contribution in [2.45, 2.75) is 31.4 Å². The van der Waals surface area contributed by atoms with E-state index >= 15 is 0 Å². The lowest BCUT2D eigenvalue weighted by Crippen LogP contribution is -2.33. The third-order valence-corrected chi connectivity index (χ3v) is 7.84. The molecule has 0 radical (unpaired) electrons. The summed E-state index contributed by atoms with van der Waals surface area (Å²) in [6.07, 6.45) is -5.70. The van der Waals surface area contributed by atoms with Gasteiger partial charge >= 0.3 is 12.4 Å². The molecule has 3 heterocycles. The molecule has 6 nitrogen and oxygen atoms in total. The highest BCUT2D eigenvalue weighted by Crippen LogP contribution is 2.38. The molecule has 1 fully saturated rings. The number of thioether (sulfide) groups is 1. The SMILES string of the molecule is CN(C)[C@@H]1CCN(C2=NC(=O)C(=Cc3ccc4c(cnn4Cc4ccc(C(F)(F)F)cc4C(F)(F)F)c3)S2)C1. The molecule has 13 heteroatoms. The van der Waals surface area contributed by atoms with Crippen molar-refractivity contribution in [2.75, 3.05) is 27.2 Å². The first-order chi connectivity index (χ1) is 18.3. The first-order valence-electron chi connectivity index (χ1n) is 12.0. The molecule has 206 valence electrons. The van der Waals surface area contributed by atoms with E-state index < -0.39 is 23.5 Å². The number of fused-ring (bicyclic) bond motifs is 1. The molecule has 0 saturated carbocycles. The van der Waals surface area contributed by atoms with E-state index in [9.17, 15) is 31.1 Å². The normalized spacial score (nSPS) is 19.7. The molecule has 2 aromatic carbocycles. The second-order valence-corrected chi connectivity index (χ2v) is 10.7. The van der Waals surface area contributed by atoms with Gasteiger partial charge in [-0.25, -0.2) is 0 Å². The van der Waals surface area contributed by atoms with Crippen LogP contribution in [-0.2, 0) is 23.7 Å². The van der Waals surface area contributed by atoms with Crippen molar-refractivity contribution in [3.05, 3.63) is 69.8 Å². The summed E-state index contributed by atoms with van der Waals surface area (Å²) in [4.78, 5) is 21.5. The quantitative estimate of drug-likeness (QED) is 0.298. The van der Waals surface area contributed by atoms with Gasteiger partial charge in [0.25, 0.3) is 5.91 Å². The Morgan fingerprint density at radius 3 is 2.51 bits per heavy atom. The summed E-state index contributed by atoms with van der Waals surface area (Å²) >= 11 is 1.31. The third kappa shape index (κ3) is 5.69. The summed E-state index contributed by atoms with van der Waals surface area (Å²) in [5, 5.41) is 5.43. The molecular formula is C26H23F6N5OS. The number of nitrogens with zero attached hydrogens (tertiary/aromatic N) is 5. The molecule has 1 saturated heterocycles. The molecule has 1 amide bonds. The fourth-order valence-electron chi connectivity index (χ4n) is 4.66. The van der Waals surface area contributed by atoms with Gasteiger partial charge in [-0.1, -0.05) is 12.1 Å². The molecule has 39 heavy (non-hydrogen) atoms. The van der Waals surface area contributed by atoms with Crippen molar-refractivity contribution in [3.8, 4) is 0 Å². The van der Waals surface area contributed by atoms with E-state index in [-0.39, 0.29) is 24.1 Å². The van der Waals surface area contributed by atoms with Gasteiger partial charge in [0, 0.05) is 24.5 Å². The van der Waals surface area contributed by atoms with Crippen molar-refractivity contribution < 1.29 is 31.1 Å². The Morgan fingerprint density at radius 1 is 1.08 bits per heavy atom. The highest BCUT2D eigenvalue weighted by Gasteiger charge is 2.38. The standard InChI is InChI=1S/C26H23F6N5OS/c1-35(2)19-7-8-36(14-19)24-34-23(38)22(39-24)10-15-3-6-21-17(9-15)12-33-37(21)13-16-4-5-18(25(27,28)29)11-20(16)26(30,31)32/h3-6,9-12,19H,7-8,13-14H2,1-2H3/t19-/m1/s1. The van der Waals surface area contributed by atoms with Gasteiger partial charge in [-0.2, -0.15) is 36.4 Å². The maximum Gasteiger partial charge on any atom is 0.416 e. The van der Waals surface area contributed by atoms with E-state index in [0.717, 1.165) is 25.6 Å². The molecule has 0 spiro atoms. The number of hydrogen-bond donors (Lipinski definition) is 0. The molecule has 0 aliphatic carbocycles. The second-order valence-electron chi connectivity index (χ2n) is 9.65. The Kier molecular flexibility index (Phi) is 7.00. The average Bonchev–Trinajstić information content (AvgIpc) is 3.57. The highest BCUT2D eigenvalue weighted by atomic mass is 32.2. The van der Waals surface area contributed by atoms with Crippen LogP contribution in [0.2, 0.25) is 0 Å². The van der Waals surface area contributed by atoms with Crippen LogP contribution in [0.3, 0.4) is 0 Å². The first kappa shape index (κ1) is 27.3. The van der Waals surface area contributed by atoms with Crippen LogP contribution in [0, 0.1) is 0 Å². The fraction of sp³-hybridized carbons (Fsp3) is 0.346. The van der Waals surface area contributed by atoms with Crippen LogP contribution in [0.1, 0.15) is 28.7 Å². The Labute approximate surface area is 224 Å². The number of amidine groups is 1. The number of benzene rings is 2. The van der Waals surface area contributed by atoms with Crippen molar-refractivity contribution >= 4 is 39.8 Å². The predicted octanol–water partition coefficient (Wildman–Crippen LogP) is 5.73. The van der Waals surface area contributed by atoms with E-state index in [1.165, 1.54) is 22.6 Å². The van der Waals surface area contributed by atoms with Crippen LogP contribution >= 0.6 is 11.8 Å². The maximum atomic E-state index is 13.6. The zero-order valence-electron chi connectivity index (χ0n) is 20.8. The summed E-state index contributed by atoms with van der Waals surface area (Å²) in [6.45, 7) is 1.24. The number of aromatic nitrogens is 2. The second kappa shape index (κ2) is 10.0. The molecular weight excluding hydrogens is 544 g/mol. The van der Waals surface area contributed by atoms with Gasteiger partial charge < -0.3 is 9.80 Å². The van der Waals surface area contributed by atoms with Gasteiger partial charge in [-0.3, -0.25) is 9.48 Å². The van der Waals surface area contributed by atoms with Crippen LogP contribution in [0.4, 0.5) is 26.3 Å². The molecule has 2 aliphatic heterocycles. The Balaban J connectivity index is 1.36. The Bertz CT molecular complexity index is 1490. The number of alkyl halides is 6. The largest absolute Gasteiger partial charge is 0.416 e. The number of carbonyl (C=O) groups is 1. The number of hydrogen-bond acceptors (Lipinski definition) is 5. The van der Waals surface area contributed by atoms with Crippen LogP contribution in [-0.4, -0.2) is 63.9 Å². The van der Waals surface area contributed by atoms with Crippen LogP contribution in [0.15, 0.2) is 52.5 Å². The smallest absolute Gasteiger partial charge is 0.349 e. The van der Waals surface area contributed by atoms with Crippen LogP contribution in [0.5, 0.6) is 0 Å². The summed E-state index contributed by atoms with van der Waals surface area (Å²) in [7, 11) is 4.04. The average molecular weight is 568 g/mol. The minimum absolute atomic E-state index is 0.126. The molecule has 0 bridgehead atoms. The first-order valence-corrected chi connectivity index (χ1v) is 12.8. The molecule has 5 rings (SSSR count). The van der Waals surface area contributed by atoms with Gasteiger partial charge in [0.05, 0.1) is 34.3 Å². The number of rotatable bonds is 4. The van der Waals surface area contributed by atoms with E-state index in [1.54, 1.807) is 24.3 Å². The number of carbonyl (C=O) groups excluding carboxylic acids is 1. The zero-order chi connectivity index (χ0) is 28.1. The summed E-state index contributed by atoms with van der Waals surface area (Å²) in [5.74, 6) is -0.332. The minimum atomic E-state index is -4.96. The number of likely N-dealkylation sites (N-methyl/N-ethyl adjacent to an activating group) is 1.